The van der Waals surface area contributed by atoms with E-state index < -0.39 is 11.8 Å². The molecule has 0 saturated carbocycles. The smallest absolute Gasteiger partial charge is 0.273 e. The number of hydrogen-bond acceptors (Lipinski definition) is 5. The number of ether oxygens (including phenoxy) is 2. The van der Waals surface area contributed by atoms with E-state index >= 15 is 0 Å². The Kier molecular flexibility index (Phi) is 10.3. The maximum Gasteiger partial charge on any atom is 0.273 e. The van der Waals surface area contributed by atoms with Crippen LogP contribution in [0.4, 0.5) is 0 Å². The van der Waals surface area contributed by atoms with Crippen LogP contribution in [-0.4, -0.2) is 23.5 Å². The van der Waals surface area contributed by atoms with Gasteiger partial charge in [0.25, 0.3) is 11.8 Å². The van der Waals surface area contributed by atoms with Gasteiger partial charge in [0.05, 0.1) is 17.7 Å². The van der Waals surface area contributed by atoms with E-state index in [2.05, 4.69) is 45.9 Å². The standard InChI is InChI=1S/C27H28BrN3O4S/c1-18(2)14-15-34-24-13-12-20(28)16-22(24)25(32)29-27(36)31-30-26(33)21-10-6-7-11-23(21)35-17-19-8-4-3-5-9-19/h3-13,16,18H,14-15,17H2,1-2H3,(H,30,33)(H2,29,31,32,36). The summed E-state index contributed by atoms with van der Waals surface area (Å²) in [5.41, 5.74) is 6.69. The first-order chi connectivity index (χ1) is 17.3. The number of hydrazine groups is 1. The summed E-state index contributed by atoms with van der Waals surface area (Å²) in [5.74, 6) is 0.428. The zero-order valence-electron chi connectivity index (χ0n) is 20.0. The van der Waals surface area contributed by atoms with Crippen molar-refractivity contribution in [2.24, 2.45) is 5.92 Å². The van der Waals surface area contributed by atoms with Crippen molar-refractivity contribution in [3.05, 3.63) is 94.0 Å². The molecule has 0 radical (unpaired) electrons. The van der Waals surface area contributed by atoms with Gasteiger partial charge in [0.1, 0.15) is 18.1 Å². The highest BCUT2D eigenvalue weighted by molar-refractivity contribution is 9.10. The van der Waals surface area contributed by atoms with Gasteiger partial charge in [-0.25, -0.2) is 0 Å². The molecule has 0 atom stereocenters. The lowest BCUT2D eigenvalue weighted by molar-refractivity contribution is 0.0929. The zero-order valence-corrected chi connectivity index (χ0v) is 22.4. The Balaban J connectivity index is 1.57. The number of rotatable bonds is 9. The molecule has 3 aromatic rings. The van der Waals surface area contributed by atoms with Gasteiger partial charge in [-0.05, 0) is 60.5 Å². The number of thiocarbonyl (C=S) groups is 1. The molecule has 0 heterocycles. The third-order valence-corrected chi connectivity index (χ3v) is 5.72. The minimum Gasteiger partial charge on any atom is -0.493 e. The Labute approximate surface area is 224 Å². The van der Waals surface area contributed by atoms with Crippen molar-refractivity contribution in [1.29, 1.82) is 0 Å². The van der Waals surface area contributed by atoms with Crippen molar-refractivity contribution in [1.82, 2.24) is 16.2 Å². The van der Waals surface area contributed by atoms with Crippen LogP contribution in [0.5, 0.6) is 11.5 Å². The third-order valence-electron chi connectivity index (χ3n) is 5.02. The monoisotopic (exact) mass is 569 g/mol. The van der Waals surface area contributed by atoms with E-state index in [1.54, 1.807) is 42.5 Å². The molecule has 9 heteroatoms. The van der Waals surface area contributed by atoms with E-state index in [1.807, 2.05) is 30.3 Å². The Hall–Kier alpha value is -3.43. The highest BCUT2D eigenvalue weighted by Crippen LogP contribution is 2.24. The maximum atomic E-state index is 12.8. The lowest BCUT2D eigenvalue weighted by Crippen LogP contribution is -2.48. The normalized spacial score (nSPS) is 10.4. The maximum absolute atomic E-state index is 12.8. The van der Waals surface area contributed by atoms with Crippen LogP contribution in [-0.2, 0) is 6.61 Å². The fourth-order valence-electron chi connectivity index (χ4n) is 3.11. The molecular formula is C27H28BrN3O4S. The SMILES string of the molecule is CC(C)CCOc1ccc(Br)cc1C(=O)NC(=S)NNC(=O)c1ccccc1OCc1ccccc1. The predicted octanol–water partition coefficient (Wildman–Crippen LogP) is 5.40. The number of amides is 2. The zero-order chi connectivity index (χ0) is 25.9. The first-order valence-corrected chi connectivity index (χ1v) is 12.6. The van der Waals surface area contributed by atoms with Crippen LogP contribution in [0.3, 0.4) is 0 Å². The first-order valence-electron chi connectivity index (χ1n) is 11.4. The minimum absolute atomic E-state index is 0.0656. The van der Waals surface area contributed by atoms with E-state index in [1.165, 1.54) is 0 Å². The van der Waals surface area contributed by atoms with E-state index in [4.69, 9.17) is 21.7 Å². The van der Waals surface area contributed by atoms with E-state index in [9.17, 15) is 9.59 Å². The molecule has 0 aliphatic rings. The Morgan fingerprint density at radius 1 is 0.861 bits per heavy atom. The number of hydrogen-bond donors (Lipinski definition) is 3. The summed E-state index contributed by atoms with van der Waals surface area (Å²) < 4.78 is 12.4. The third kappa shape index (κ3) is 8.35. The summed E-state index contributed by atoms with van der Waals surface area (Å²) in [4.78, 5) is 25.6. The quantitative estimate of drug-likeness (QED) is 0.236. The Morgan fingerprint density at radius 2 is 1.56 bits per heavy atom. The fourth-order valence-corrected chi connectivity index (χ4v) is 3.61. The minimum atomic E-state index is -0.464. The van der Waals surface area contributed by atoms with Crippen LogP contribution in [0.2, 0.25) is 0 Å². The number of halogens is 1. The number of para-hydroxylation sites is 1. The van der Waals surface area contributed by atoms with Crippen molar-refractivity contribution < 1.29 is 19.1 Å². The largest absolute Gasteiger partial charge is 0.493 e. The molecule has 0 saturated heterocycles. The molecule has 0 fully saturated rings. The molecule has 3 aromatic carbocycles. The van der Waals surface area contributed by atoms with Gasteiger partial charge < -0.3 is 9.47 Å². The van der Waals surface area contributed by atoms with Crippen LogP contribution in [0.15, 0.2) is 77.3 Å². The molecule has 188 valence electrons. The van der Waals surface area contributed by atoms with Crippen molar-refractivity contribution in [2.45, 2.75) is 26.9 Å². The topological polar surface area (TPSA) is 88.7 Å². The molecule has 7 nitrogen and oxygen atoms in total. The van der Waals surface area contributed by atoms with Crippen molar-refractivity contribution in [3.8, 4) is 11.5 Å². The number of carbonyl (C=O) groups excluding carboxylic acids is 2. The van der Waals surface area contributed by atoms with Gasteiger partial charge in [0.15, 0.2) is 5.11 Å². The second-order valence-corrected chi connectivity index (χ2v) is 9.63. The molecule has 0 aliphatic carbocycles. The van der Waals surface area contributed by atoms with Gasteiger partial charge in [0, 0.05) is 4.47 Å². The van der Waals surface area contributed by atoms with Gasteiger partial charge in [-0.3, -0.25) is 25.8 Å². The van der Waals surface area contributed by atoms with Crippen molar-refractivity contribution >= 4 is 45.1 Å². The van der Waals surface area contributed by atoms with Crippen LogP contribution in [0, 0.1) is 5.92 Å². The Morgan fingerprint density at radius 3 is 2.31 bits per heavy atom. The Bertz CT molecular complexity index is 1200. The predicted molar refractivity (Wildman–Crippen MR) is 147 cm³/mol. The molecular weight excluding hydrogens is 542 g/mol. The molecule has 3 rings (SSSR count). The molecule has 0 unspecified atom stereocenters. The average molecular weight is 571 g/mol. The lowest BCUT2D eigenvalue weighted by atomic mass is 10.1. The summed E-state index contributed by atoms with van der Waals surface area (Å²) in [6, 6.07) is 21.7. The summed E-state index contributed by atoms with van der Waals surface area (Å²) in [7, 11) is 0. The van der Waals surface area contributed by atoms with Gasteiger partial charge in [-0.1, -0.05) is 72.2 Å². The molecule has 0 aromatic heterocycles. The first kappa shape index (κ1) is 27.2. The molecule has 2 amide bonds. The van der Waals surface area contributed by atoms with Crippen LogP contribution >= 0.6 is 28.1 Å². The number of carbonyl (C=O) groups is 2. The average Bonchev–Trinajstić information content (AvgIpc) is 2.87. The van der Waals surface area contributed by atoms with Crippen molar-refractivity contribution in [3.63, 3.8) is 0 Å². The van der Waals surface area contributed by atoms with E-state index in [0.29, 0.717) is 41.8 Å². The summed E-state index contributed by atoms with van der Waals surface area (Å²) in [6.07, 6.45) is 0.861. The molecule has 0 bridgehead atoms. The van der Waals surface area contributed by atoms with Gasteiger partial charge in [-0.2, -0.15) is 0 Å². The fraction of sp³-hybridized carbons (Fsp3) is 0.222. The molecule has 3 N–H and O–H groups in total. The van der Waals surface area contributed by atoms with E-state index in [0.717, 1.165) is 16.5 Å². The van der Waals surface area contributed by atoms with Crippen LogP contribution < -0.4 is 25.6 Å². The number of nitrogens with one attached hydrogen (secondary N) is 3. The van der Waals surface area contributed by atoms with E-state index in [-0.39, 0.29) is 5.11 Å². The highest BCUT2D eigenvalue weighted by Gasteiger charge is 2.17. The summed E-state index contributed by atoms with van der Waals surface area (Å²) in [5, 5.41) is 2.50. The van der Waals surface area contributed by atoms with Crippen LogP contribution in [0.1, 0.15) is 46.5 Å². The second-order valence-electron chi connectivity index (χ2n) is 8.30. The van der Waals surface area contributed by atoms with Gasteiger partial charge >= 0.3 is 0 Å². The summed E-state index contributed by atoms with van der Waals surface area (Å²) >= 11 is 8.58. The van der Waals surface area contributed by atoms with Gasteiger partial charge in [-0.15, -0.1) is 0 Å². The van der Waals surface area contributed by atoms with Crippen LogP contribution in [0.25, 0.3) is 0 Å². The second kappa shape index (κ2) is 13.6. The summed E-state index contributed by atoms with van der Waals surface area (Å²) in [6.45, 7) is 5.01. The molecule has 0 aliphatic heterocycles. The molecule has 0 spiro atoms. The van der Waals surface area contributed by atoms with Gasteiger partial charge in [0.2, 0.25) is 0 Å². The lowest BCUT2D eigenvalue weighted by Gasteiger charge is -2.15. The van der Waals surface area contributed by atoms with Crippen molar-refractivity contribution in [2.75, 3.05) is 6.61 Å². The molecule has 36 heavy (non-hydrogen) atoms. The highest BCUT2D eigenvalue weighted by atomic mass is 79.9. The number of benzene rings is 3.